The van der Waals surface area contributed by atoms with Gasteiger partial charge in [-0.1, -0.05) is 0 Å². The van der Waals surface area contributed by atoms with E-state index < -0.39 is 0 Å². The Morgan fingerprint density at radius 2 is 2.19 bits per heavy atom. The standard InChI is InChI=1S/C11H20N2O2.ClH/c12-10(8-3-4-8)7-13-11(14)6-9-2-1-5-15-9;/h8-10H,1-7,12H2,(H,13,14);1H. The highest BCUT2D eigenvalue weighted by Gasteiger charge is 2.28. The van der Waals surface area contributed by atoms with Crippen molar-refractivity contribution in [3.05, 3.63) is 0 Å². The first kappa shape index (κ1) is 13.7. The average Bonchev–Trinajstić information content (AvgIpc) is 2.95. The van der Waals surface area contributed by atoms with Crippen LogP contribution in [0.25, 0.3) is 0 Å². The minimum atomic E-state index is 0. The molecule has 2 aliphatic rings. The lowest BCUT2D eigenvalue weighted by atomic mass is 10.1. The summed E-state index contributed by atoms with van der Waals surface area (Å²) >= 11 is 0. The summed E-state index contributed by atoms with van der Waals surface area (Å²) in [4.78, 5) is 11.5. The van der Waals surface area contributed by atoms with Gasteiger partial charge in [-0.3, -0.25) is 4.79 Å². The van der Waals surface area contributed by atoms with Gasteiger partial charge in [0.1, 0.15) is 0 Å². The molecular weight excluding hydrogens is 228 g/mol. The molecule has 0 bridgehead atoms. The van der Waals surface area contributed by atoms with E-state index in [2.05, 4.69) is 5.32 Å². The second-order valence-electron chi connectivity index (χ2n) is 4.64. The number of nitrogens with two attached hydrogens (primary N) is 1. The number of halogens is 1. The number of amides is 1. The van der Waals surface area contributed by atoms with E-state index >= 15 is 0 Å². The maximum absolute atomic E-state index is 11.5. The highest BCUT2D eigenvalue weighted by atomic mass is 35.5. The van der Waals surface area contributed by atoms with Gasteiger partial charge >= 0.3 is 0 Å². The Morgan fingerprint density at radius 3 is 2.75 bits per heavy atom. The van der Waals surface area contributed by atoms with Crippen molar-refractivity contribution in [2.75, 3.05) is 13.2 Å². The SMILES string of the molecule is Cl.NC(CNC(=O)CC1CCCO1)C1CC1. The molecule has 4 nitrogen and oxygen atoms in total. The molecule has 0 aromatic carbocycles. The van der Waals surface area contributed by atoms with Gasteiger partial charge in [-0.05, 0) is 31.6 Å². The lowest BCUT2D eigenvalue weighted by Crippen LogP contribution is -2.39. The summed E-state index contributed by atoms with van der Waals surface area (Å²) in [6.07, 6.45) is 5.19. The topological polar surface area (TPSA) is 64.3 Å². The summed E-state index contributed by atoms with van der Waals surface area (Å²) in [6, 6.07) is 0.151. The van der Waals surface area contributed by atoms with Crippen molar-refractivity contribution in [2.24, 2.45) is 11.7 Å². The van der Waals surface area contributed by atoms with E-state index in [-0.39, 0.29) is 30.5 Å². The smallest absolute Gasteiger partial charge is 0.222 e. The monoisotopic (exact) mass is 248 g/mol. The maximum Gasteiger partial charge on any atom is 0.222 e. The van der Waals surface area contributed by atoms with Crippen LogP contribution >= 0.6 is 12.4 Å². The van der Waals surface area contributed by atoms with Gasteiger partial charge in [-0.15, -0.1) is 12.4 Å². The number of rotatable bonds is 5. The summed E-state index contributed by atoms with van der Waals surface area (Å²) in [5.74, 6) is 0.728. The Bertz CT molecular complexity index is 228. The summed E-state index contributed by atoms with van der Waals surface area (Å²) in [7, 11) is 0. The van der Waals surface area contributed by atoms with E-state index in [1.807, 2.05) is 0 Å². The Labute approximate surface area is 103 Å². The zero-order valence-corrected chi connectivity index (χ0v) is 10.3. The number of hydrogen-bond acceptors (Lipinski definition) is 3. The summed E-state index contributed by atoms with van der Waals surface area (Å²) < 4.78 is 5.40. The molecule has 5 heteroatoms. The molecule has 2 rings (SSSR count). The van der Waals surface area contributed by atoms with Crippen molar-refractivity contribution >= 4 is 18.3 Å². The van der Waals surface area contributed by atoms with Crippen LogP contribution in [0.5, 0.6) is 0 Å². The molecule has 0 aromatic rings. The van der Waals surface area contributed by atoms with Crippen molar-refractivity contribution < 1.29 is 9.53 Å². The van der Waals surface area contributed by atoms with Gasteiger partial charge in [0.25, 0.3) is 0 Å². The third kappa shape index (κ3) is 4.28. The predicted octanol–water partition coefficient (Wildman–Crippen LogP) is 0.831. The summed E-state index contributed by atoms with van der Waals surface area (Å²) in [6.45, 7) is 1.43. The van der Waals surface area contributed by atoms with Crippen LogP contribution in [0, 0.1) is 5.92 Å². The van der Waals surface area contributed by atoms with Gasteiger partial charge in [-0.2, -0.15) is 0 Å². The first-order valence-electron chi connectivity index (χ1n) is 5.89. The van der Waals surface area contributed by atoms with E-state index in [1.54, 1.807) is 0 Å². The molecule has 1 heterocycles. The molecule has 2 atom stereocenters. The van der Waals surface area contributed by atoms with Crippen molar-refractivity contribution in [2.45, 2.75) is 44.2 Å². The van der Waals surface area contributed by atoms with Crippen LogP contribution in [0.2, 0.25) is 0 Å². The Balaban J connectivity index is 0.00000128. The molecule has 1 aliphatic carbocycles. The summed E-state index contributed by atoms with van der Waals surface area (Å²) in [5, 5.41) is 2.89. The molecule has 3 N–H and O–H groups in total. The van der Waals surface area contributed by atoms with Gasteiger partial charge in [0.05, 0.1) is 12.5 Å². The quantitative estimate of drug-likeness (QED) is 0.758. The van der Waals surface area contributed by atoms with Crippen LogP contribution in [0.15, 0.2) is 0 Å². The lowest BCUT2D eigenvalue weighted by Gasteiger charge is -2.13. The number of nitrogens with one attached hydrogen (secondary N) is 1. The van der Waals surface area contributed by atoms with E-state index in [4.69, 9.17) is 10.5 Å². The first-order chi connectivity index (χ1) is 7.25. The van der Waals surface area contributed by atoms with E-state index in [9.17, 15) is 4.79 Å². The molecule has 0 spiro atoms. The van der Waals surface area contributed by atoms with Crippen molar-refractivity contribution in [1.82, 2.24) is 5.32 Å². The Morgan fingerprint density at radius 1 is 1.44 bits per heavy atom. The van der Waals surface area contributed by atoms with Crippen LogP contribution in [0.1, 0.15) is 32.1 Å². The zero-order valence-electron chi connectivity index (χ0n) is 9.48. The Hall–Kier alpha value is -0.320. The molecule has 1 aliphatic heterocycles. The van der Waals surface area contributed by atoms with Crippen LogP contribution in [-0.2, 0) is 9.53 Å². The largest absolute Gasteiger partial charge is 0.378 e. The third-order valence-electron chi connectivity index (χ3n) is 3.20. The molecule has 2 fully saturated rings. The number of carbonyl (C=O) groups is 1. The van der Waals surface area contributed by atoms with Crippen LogP contribution in [0.4, 0.5) is 0 Å². The average molecular weight is 249 g/mol. The first-order valence-corrected chi connectivity index (χ1v) is 5.89. The van der Waals surface area contributed by atoms with E-state index in [0.717, 1.165) is 19.4 Å². The van der Waals surface area contributed by atoms with Crippen molar-refractivity contribution in [3.63, 3.8) is 0 Å². The normalized spacial score (nSPS) is 25.9. The fraction of sp³-hybridized carbons (Fsp3) is 0.909. The maximum atomic E-state index is 11.5. The van der Waals surface area contributed by atoms with Gasteiger partial charge in [0, 0.05) is 19.2 Å². The van der Waals surface area contributed by atoms with Gasteiger partial charge in [0.15, 0.2) is 0 Å². The molecule has 0 aromatic heterocycles. The van der Waals surface area contributed by atoms with Crippen LogP contribution in [0.3, 0.4) is 0 Å². The van der Waals surface area contributed by atoms with Gasteiger partial charge < -0.3 is 15.8 Å². The van der Waals surface area contributed by atoms with Crippen molar-refractivity contribution in [3.8, 4) is 0 Å². The second-order valence-corrected chi connectivity index (χ2v) is 4.64. The fourth-order valence-corrected chi connectivity index (χ4v) is 2.01. The van der Waals surface area contributed by atoms with Crippen molar-refractivity contribution in [1.29, 1.82) is 0 Å². The highest BCUT2D eigenvalue weighted by Crippen LogP contribution is 2.31. The van der Waals surface area contributed by atoms with Crippen LogP contribution in [-0.4, -0.2) is 31.2 Å². The Kier molecular flexibility index (Phi) is 5.52. The predicted molar refractivity (Wildman–Crippen MR) is 64.5 cm³/mol. The zero-order chi connectivity index (χ0) is 10.7. The molecule has 94 valence electrons. The summed E-state index contributed by atoms with van der Waals surface area (Å²) in [5.41, 5.74) is 5.89. The second kappa shape index (κ2) is 6.42. The van der Waals surface area contributed by atoms with Crippen LogP contribution < -0.4 is 11.1 Å². The number of hydrogen-bond donors (Lipinski definition) is 2. The minimum Gasteiger partial charge on any atom is -0.378 e. The lowest BCUT2D eigenvalue weighted by molar-refractivity contribution is -0.123. The van der Waals surface area contributed by atoms with E-state index in [0.29, 0.717) is 18.9 Å². The molecule has 2 unspecified atom stereocenters. The molecule has 0 radical (unpaired) electrons. The molecule has 1 saturated carbocycles. The molecule has 16 heavy (non-hydrogen) atoms. The fourth-order valence-electron chi connectivity index (χ4n) is 2.01. The molecular formula is C11H21ClN2O2. The minimum absolute atomic E-state index is 0. The highest BCUT2D eigenvalue weighted by molar-refractivity contribution is 5.85. The van der Waals surface area contributed by atoms with Gasteiger partial charge in [-0.25, -0.2) is 0 Å². The third-order valence-corrected chi connectivity index (χ3v) is 3.20. The van der Waals surface area contributed by atoms with E-state index in [1.165, 1.54) is 12.8 Å². The van der Waals surface area contributed by atoms with Gasteiger partial charge in [0.2, 0.25) is 5.91 Å². The molecule has 1 amide bonds. The number of ether oxygens (including phenoxy) is 1. The molecule has 1 saturated heterocycles. The number of carbonyl (C=O) groups excluding carboxylic acids is 1.